The Labute approximate surface area is 246 Å². The first-order chi connectivity index (χ1) is 20.0. The molecule has 42 heavy (non-hydrogen) atoms. The summed E-state index contributed by atoms with van der Waals surface area (Å²) in [5.41, 5.74) is -0.323. The molecule has 2 heterocycles. The summed E-state index contributed by atoms with van der Waals surface area (Å²) in [6.45, 7) is 3.66. The summed E-state index contributed by atoms with van der Waals surface area (Å²) in [4.78, 5) is 57.7. The molecule has 1 saturated carbocycles. The monoisotopic (exact) mass is 596 g/mol. The molecule has 0 radical (unpaired) electrons. The molecule has 0 spiro atoms. The van der Waals surface area contributed by atoms with Gasteiger partial charge >= 0.3 is 0 Å². The number of benzene rings is 2. The molecule has 11 heteroatoms. The minimum atomic E-state index is -1.43. The van der Waals surface area contributed by atoms with Crippen LogP contribution in [0.1, 0.15) is 38.2 Å². The van der Waals surface area contributed by atoms with Gasteiger partial charge in [-0.05, 0) is 50.8 Å². The summed E-state index contributed by atoms with van der Waals surface area (Å²) in [7, 11) is 2.87. The third kappa shape index (κ3) is 3.66. The van der Waals surface area contributed by atoms with Gasteiger partial charge in [0.2, 0.25) is 23.6 Å². The van der Waals surface area contributed by atoms with Gasteiger partial charge in [-0.25, -0.2) is 9.29 Å². The van der Waals surface area contributed by atoms with Crippen LogP contribution in [0.5, 0.6) is 17.2 Å². The van der Waals surface area contributed by atoms with E-state index < -0.39 is 52.6 Å². The topological polar surface area (TPSA) is 113 Å². The predicted octanol–water partition coefficient (Wildman–Crippen LogP) is 4.45. The van der Waals surface area contributed by atoms with E-state index in [4.69, 9.17) is 21.1 Å². The van der Waals surface area contributed by atoms with Crippen molar-refractivity contribution in [3.63, 3.8) is 0 Å². The lowest BCUT2D eigenvalue weighted by Gasteiger charge is -2.49. The molecular formula is C31H30ClFN2O7. The average molecular weight is 597 g/mol. The molecule has 9 nitrogen and oxygen atoms in total. The van der Waals surface area contributed by atoms with Crippen LogP contribution in [0.2, 0.25) is 5.02 Å². The van der Waals surface area contributed by atoms with E-state index in [9.17, 15) is 28.7 Å². The number of methoxy groups -OCH3 is 2. The van der Waals surface area contributed by atoms with Crippen molar-refractivity contribution in [1.82, 2.24) is 4.90 Å². The fourth-order valence-electron chi connectivity index (χ4n) is 7.73. The number of aromatic hydroxyl groups is 1. The van der Waals surface area contributed by atoms with E-state index in [1.54, 1.807) is 19.9 Å². The van der Waals surface area contributed by atoms with Gasteiger partial charge in [0, 0.05) is 30.2 Å². The van der Waals surface area contributed by atoms with E-state index in [2.05, 4.69) is 0 Å². The second-order valence-electron chi connectivity index (χ2n) is 11.4. The van der Waals surface area contributed by atoms with Crippen LogP contribution < -0.4 is 14.4 Å². The van der Waals surface area contributed by atoms with E-state index in [1.807, 2.05) is 6.08 Å². The number of halogens is 2. The first-order valence-corrected chi connectivity index (χ1v) is 14.2. The molecule has 0 unspecified atom stereocenters. The number of nitrogens with zero attached hydrogens (tertiary/aromatic N) is 2. The smallest absolute Gasteiger partial charge is 0.241 e. The number of phenols is 1. The lowest BCUT2D eigenvalue weighted by Crippen LogP contribution is -2.49. The number of hydrogen-bond donors (Lipinski definition) is 1. The Hall–Kier alpha value is -3.92. The molecule has 2 aromatic carbocycles. The zero-order chi connectivity index (χ0) is 30.2. The second kappa shape index (κ2) is 9.83. The molecule has 6 rings (SSSR count). The van der Waals surface area contributed by atoms with E-state index in [0.29, 0.717) is 11.3 Å². The molecule has 0 bridgehead atoms. The summed E-state index contributed by atoms with van der Waals surface area (Å²) in [5.74, 6) is -5.56. The number of fused-ring (bicyclic) bond motifs is 4. The molecule has 0 aromatic heterocycles. The van der Waals surface area contributed by atoms with Gasteiger partial charge in [-0.2, -0.15) is 0 Å². The molecule has 3 fully saturated rings. The molecule has 2 aliphatic carbocycles. The standard InChI is InChI=1S/C31H30ClFN2O7/c1-5-34-27(37)17-8-7-16-18(24(17)29(34)39)13-19-28(38)35(14-6-9-21(33)20(32)10-14)30(40)31(19,2)26(16)25-22(36)11-15(41-3)12-23(25)42-4/h6-7,9-12,17-19,24,26,36H,5,8,13H2,1-4H3/t17-,18+,19-,24-,26+,31+/m0/s1. The van der Waals surface area contributed by atoms with Gasteiger partial charge in [0.15, 0.2) is 0 Å². The summed E-state index contributed by atoms with van der Waals surface area (Å²) in [5, 5.41) is 11.1. The van der Waals surface area contributed by atoms with Crippen LogP contribution in [0.4, 0.5) is 10.1 Å². The lowest BCUT2D eigenvalue weighted by molar-refractivity contribution is -0.140. The maximum Gasteiger partial charge on any atom is 0.241 e. The number of carbonyl (C=O) groups is 4. The molecule has 4 aliphatic rings. The first-order valence-electron chi connectivity index (χ1n) is 13.8. The number of amides is 4. The fourth-order valence-corrected chi connectivity index (χ4v) is 7.91. The molecule has 6 atom stereocenters. The molecule has 1 N–H and O–H groups in total. The largest absolute Gasteiger partial charge is 0.507 e. The van der Waals surface area contributed by atoms with Crippen LogP contribution in [-0.4, -0.2) is 54.4 Å². The molecule has 220 valence electrons. The molecule has 2 aromatic rings. The quantitative estimate of drug-likeness (QED) is 0.401. The maximum atomic E-state index is 14.5. The zero-order valence-electron chi connectivity index (χ0n) is 23.5. The van der Waals surface area contributed by atoms with Crippen LogP contribution in [0, 0.1) is 34.9 Å². The second-order valence-corrected chi connectivity index (χ2v) is 11.9. The molecule has 2 saturated heterocycles. The number of hydrogen-bond acceptors (Lipinski definition) is 7. The fraction of sp³-hybridized carbons (Fsp3) is 0.419. The van der Waals surface area contributed by atoms with Crippen molar-refractivity contribution in [2.45, 2.75) is 32.6 Å². The third-order valence-corrected chi connectivity index (χ3v) is 9.97. The van der Waals surface area contributed by atoms with Crippen LogP contribution >= 0.6 is 11.6 Å². The first kappa shape index (κ1) is 28.2. The number of carbonyl (C=O) groups excluding carboxylic acids is 4. The van der Waals surface area contributed by atoms with Gasteiger partial charge in [0.1, 0.15) is 23.1 Å². The Morgan fingerprint density at radius 3 is 2.43 bits per heavy atom. The molecule has 2 aliphatic heterocycles. The normalized spacial score (nSPS) is 30.2. The van der Waals surface area contributed by atoms with E-state index in [0.717, 1.165) is 11.0 Å². The third-order valence-electron chi connectivity index (χ3n) is 9.68. The zero-order valence-corrected chi connectivity index (χ0v) is 24.3. The van der Waals surface area contributed by atoms with Crippen LogP contribution in [0.15, 0.2) is 42.0 Å². The Balaban J connectivity index is 1.58. The number of likely N-dealkylation sites (tertiary alicyclic amines) is 1. The average Bonchev–Trinajstić information content (AvgIpc) is 3.33. The SMILES string of the molecule is CCN1C(=O)[C@H]2[C@H](CC=C3[C@H]2C[C@H]2C(=O)N(c4ccc(F)c(Cl)c4)C(=O)[C@@]2(C)[C@H]3c2c(O)cc(OC)cc2OC)C1=O. The van der Waals surface area contributed by atoms with Crippen molar-refractivity contribution in [3.8, 4) is 17.2 Å². The summed E-state index contributed by atoms with van der Waals surface area (Å²) < 4.78 is 25.1. The summed E-state index contributed by atoms with van der Waals surface area (Å²) in [6.07, 6.45) is 2.32. The number of allylic oxidation sites excluding steroid dienone is 2. The van der Waals surface area contributed by atoms with E-state index in [1.165, 1.54) is 37.3 Å². The summed E-state index contributed by atoms with van der Waals surface area (Å²) in [6, 6.07) is 6.64. The highest BCUT2D eigenvalue weighted by molar-refractivity contribution is 6.31. The van der Waals surface area contributed by atoms with Crippen molar-refractivity contribution in [1.29, 1.82) is 0 Å². The Kier molecular flexibility index (Phi) is 6.60. The van der Waals surface area contributed by atoms with Crippen LogP contribution in [-0.2, 0) is 19.2 Å². The minimum Gasteiger partial charge on any atom is -0.507 e. The van der Waals surface area contributed by atoms with E-state index >= 15 is 0 Å². The number of phenolic OH excluding ortho intramolecular Hbond substituents is 1. The Bertz CT molecular complexity index is 1590. The number of ether oxygens (including phenoxy) is 2. The van der Waals surface area contributed by atoms with E-state index in [-0.39, 0.29) is 59.0 Å². The highest BCUT2D eigenvalue weighted by Crippen LogP contribution is 2.65. The van der Waals surface area contributed by atoms with Gasteiger partial charge < -0.3 is 14.6 Å². The van der Waals surface area contributed by atoms with Gasteiger partial charge in [-0.15, -0.1) is 0 Å². The molecule has 4 amide bonds. The minimum absolute atomic E-state index is 0.121. The highest BCUT2D eigenvalue weighted by Gasteiger charge is 2.68. The van der Waals surface area contributed by atoms with Crippen molar-refractivity contribution in [2.75, 3.05) is 25.7 Å². The Morgan fingerprint density at radius 1 is 1.05 bits per heavy atom. The summed E-state index contributed by atoms with van der Waals surface area (Å²) >= 11 is 6.04. The van der Waals surface area contributed by atoms with Gasteiger partial charge in [-0.1, -0.05) is 23.3 Å². The van der Waals surface area contributed by atoms with Crippen LogP contribution in [0.3, 0.4) is 0 Å². The highest BCUT2D eigenvalue weighted by atomic mass is 35.5. The van der Waals surface area contributed by atoms with Gasteiger partial charge in [0.05, 0.1) is 48.1 Å². The molecular weight excluding hydrogens is 567 g/mol. The number of imide groups is 2. The maximum absolute atomic E-state index is 14.5. The number of rotatable bonds is 5. The predicted molar refractivity (Wildman–Crippen MR) is 150 cm³/mol. The van der Waals surface area contributed by atoms with Crippen molar-refractivity contribution in [2.24, 2.45) is 29.1 Å². The Morgan fingerprint density at radius 2 is 1.79 bits per heavy atom. The number of anilines is 1. The van der Waals surface area contributed by atoms with Gasteiger partial charge in [0.25, 0.3) is 0 Å². The van der Waals surface area contributed by atoms with Crippen molar-refractivity contribution < 1.29 is 38.1 Å². The van der Waals surface area contributed by atoms with Crippen LogP contribution in [0.25, 0.3) is 0 Å². The van der Waals surface area contributed by atoms with Gasteiger partial charge in [-0.3, -0.25) is 24.1 Å². The lowest BCUT2D eigenvalue weighted by atomic mass is 9.51. The van der Waals surface area contributed by atoms with Crippen molar-refractivity contribution >= 4 is 40.9 Å². The van der Waals surface area contributed by atoms with Crippen molar-refractivity contribution in [3.05, 3.63) is 58.4 Å².